The van der Waals surface area contributed by atoms with Gasteiger partial charge in [-0.3, -0.25) is 4.98 Å². The maximum absolute atomic E-state index is 4.51. The van der Waals surface area contributed by atoms with Crippen LogP contribution in [0.25, 0.3) is 11.3 Å². The van der Waals surface area contributed by atoms with Crippen molar-refractivity contribution in [3.8, 4) is 11.3 Å². The van der Waals surface area contributed by atoms with E-state index in [1.165, 1.54) is 22.3 Å². The maximum atomic E-state index is 4.51. The molecule has 2 aromatic carbocycles. The predicted octanol–water partition coefficient (Wildman–Crippen LogP) is 4.84. The fourth-order valence-electron chi connectivity index (χ4n) is 2.46. The van der Waals surface area contributed by atoms with E-state index in [9.17, 15) is 0 Å². The lowest BCUT2D eigenvalue weighted by Gasteiger charge is -2.06. The molecule has 0 aliphatic rings. The molecule has 0 bridgehead atoms. The van der Waals surface area contributed by atoms with Gasteiger partial charge in [-0.1, -0.05) is 54.6 Å². The fraction of sp³-hybridized carbons (Fsp3) is 0.150. The number of benzene rings is 2. The van der Waals surface area contributed by atoms with Crippen LogP contribution >= 0.6 is 0 Å². The topological polar surface area (TPSA) is 12.9 Å². The van der Waals surface area contributed by atoms with Crippen molar-refractivity contribution in [2.24, 2.45) is 0 Å². The second-order valence-electron chi connectivity index (χ2n) is 5.41. The molecule has 104 valence electrons. The lowest BCUT2D eigenvalue weighted by molar-refractivity contribution is 0.960. The molecule has 0 radical (unpaired) electrons. The first-order valence-corrected chi connectivity index (χ1v) is 7.37. The van der Waals surface area contributed by atoms with Gasteiger partial charge in [-0.2, -0.15) is 0 Å². The minimum absolute atomic E-state index is 1.04. The highest BCUT2D eigenvalue weighted by molar-refractivity contribution is 5.60. The van der Waals surface area contributed by atoms with Crippen LogP contribution in [0.5, 0.6) is 0 Å². The molecule has 0 saturated heterocycles. The molecule has 0 saturated carbocycles. The van der Waals surface area contributed by atoms with Crippen LogP contribution in [-0.2, 0) is 12.8 Å². The van der Waals surface area contributed by atoms with Gasteiger partial charge < -0.3 is 0 Å². The summed E-state index contributed by atoms with van der Waals surface area (Å²) in [7, 11) is 0. The van der Waals surface area contributed by atoms with Gasteiger partial charge in [0.05, 0.1) is 5.69 Å². The Hall–Kier alpha value is -2.41. The zero-order valence-corrected chi connectivity index (χ0v) is 12.3. The third-order valence-electron chi connectivity index (χ3n) is 3.68. The van der Waals surface area contributed by atoms with Crippen molar-refractivity contribution in [3.05, 3.63) is 89.6 Å². The molecule has 0 unspecified atom stereocenters. The average molecular weight is 273 g/mol. The van der Waals surface area contributed by atoms with Gasteiger partial charge in [0, 0.05) is 11.8 Å². The van der Waals surface area contributed by atoms with Crippen molar-refractivity contribution in [2.45, 2.75) is 19.8 Å². The Morgan fingerprint density at radius 2 is 1.52 bits per heavy atom. The number of rotatable bonds is 4. The zero-order valence-electron chi connectivity index (χ0n) is 12.3. The highest BCUT2D eigenvalue weighted by Crippen LogP contribution is 2.19. The Kier molecular flexibility index (Phi) is 4.11. The van der Waals surface area contributed by atoms with Gasteiger partial charge in [-0.15, -0.1) is 0 Å². The van der Waals surface area contributed by atoms with E-state index in [0.29, 0.717) is 0 Å². The number of pyridine rings is 1. The average Bonchev–Trinajstić information content (AvgIpc) is 2.55. The van der Waals surface area contributed by atoms with Gasteiger partial charge in [0.15, 0.2) is 0 Å². The molecule has 0 aliphatic carbocycles. The van der Waals surface area contributed by atoms with Crippen molar-refractivity contribution in [2.75, 3.05) is 0 Å². The molecular weight excluding hydrogens is 254 g/mol. The van der Waals surface area contributed by atoms with Gasteiger partial charge in [0.25, 0.3) is 0 Å². The van der Waals surface area contributed by atoms with E-state index in [1.807, 2.05) is 6.20 Å². The number of hydrogen-bond acceptors (Lipinski definition) is 1. The van der Waals surface area contributed by atoms with Crippen LogP contribution in [0.15, 0.2) is 72.9 Å². The smallest absolute Gasteiger partial charge is 0.0702 e. The Morgan fingerprint density at radius 1 is 0.762 bits per heavy atom. The third kappa shape index (κ3) is 3.57. The van der Waals surface area contributed by atoms with Crippen LogP contribution in [0.2, 0.25) is 0 Å². The van der Waals surface area contributed by atoms with E-state index in [2.05, 4.69) is 78.6 Å². The molecule has 0 amide bonds. The molecule has 1 heteroatoms. The van der Waals surface area contributed by atoms with Crippen LogP contribution in [0.4, 0.5) is 0 Å². The maximum Gasteiger partial charge on any atom is 0.0702 e. The van der Waals surface area contributed by atoms with Crippen molar-refractivity contribution < 1.29 is 0 Å². The normalized spacial score (nSPS) is 10.5. The van der Waals surface area contributed by atoms with E-state index in [1.54, 1.807) is 0 Å². The second-order valence-corrected chi connectivity index (χ2v) is 5.41. The number of nitrogens with zero attached hydrogens (tertiary/aromatic N) is 1. The van der Waals surface area contributed by atoms with E-state index >= 15 is 0 Å². The molecule has 3 rings (SSSR count). The summed E-state index contributed by atoms with van der Waals surface area (Å²) < 4.78 is 0. The third-order valence-corrected chi connectivity index (χ3v) is 3.68. The lowest BCUT2D eigenvalue weighted by Crippen LogP contribution is -1.92. The minimum Gasteiger partial charge on any atom is -0.256 e. The van der Waals surface area contributed by atoms with E-state index in [4.69, 9.17) is 0 Å². The summed E-state index contributed by atoms with van der Waals surface area (Å²) in [6.45, 7) is 2.06. The first kappa shape index (κ1) is 13.6. The monoisotopic (exact) mass is 273 g/mol. The minimum atomic E-state index is 1.04. The number of aryl methyl sites for hydroxylation is 3. The molecule has 0 aliphatic heterocycles. The quantitative estimate of drug-likeness (QED) is 0.662. The van der Waals surface area contributed by atoms with Crippen molar-refractivity contribution >= 4 is 0 Å². The van der Waals surface area contributed by atoms with Crippen LogP contribution in [0.1, 0.15) is 16.7 Å². The highest BCUT2D eigenvalue weighted by Gasteiger charge is 2.01. The summed E-state index contributed by atoms with van der Waals surface area (Å²) in [6, 6.07) is 23.5. The Bertz CT molecular complexity index is 699. The first-order valence-electron chi connectivity index (χ1n) is 7.37. The predicted molar refractivity (Wildman–Crippen MR) is 88.3 cm³/mol. The van der Waals surface area contributed by atoms with Gasteiger partial charge in [0.1, 0.15) is 0 Å². The standard InChI is InChI=1S/C20H19N/c1-16-10-13-20(21-15-16)19-9-5-8-18(14-19)12-11-17-6-3-2-4-7-17/h2-10,13-15H,11-12H2,1H3. The zero-order chi connectivity index (χ0) is 14.5. The van der Waals surface area contributed by atoms with Gasteiger partial charge >= 0.3 is 0 Å². The van der Waals surface area contributed by atoms with E-state index < -0.39 is 0 Å². The van der Waals surface area contributed by atoms with E-state index in [0.717, 1.165) is 18.5 Å². The molecule has 1 nitrogen and oxygen atoms in total. The van der Waals surface area contributed by atoms with Crippen molar-refractivity contribution in [1.29, 1.82) is 0 Å². The summed E-state index contributed by atoms with van der Waals surface area (Å²) in [5.74, 6) is 0. The van der Waals surface area contributed by atoms with Crippen LogP contribution in [-0.4, -0.2) is 4.98 Å². The summed E-state index contributed by atoms with van der Waals surface area (Å²) in [5.41, 5.74) is 6.18. The van der Waals surface area contributed by atoms with E-state index in [-0.39, 0.29) is 0 Å². The summed E-state index contributed by atoms with van der Waals surface area (Å²) >= 11 is 0. The molecule has 0 N–H and O–H groups in total. The Morgan fingerprint density at radius 3 is 2.29 bits per heavy atom. The van der Waals surface area contributed by atoms with Crippen LogP contribution in [0, 0.1) is 6.92 Å². The van der Waals surface area contributed by atoms with Gasteiger partial charge in [-0.25, -0.2) is 0 Å². The highest BCUT2D eigenvalue weighted by atomic mass is 14.7. The summed E-state index contributed by atoms with van der Waals surface area (Å²) in [6.07, 6.45) is 4.06. The summed E-state index contributed by atoms with van der Waals surface area (Å²) in [4.78, 5) is 4.51. The Labute approximate surface area is 126 Å². The molecule has 1 heterocycles. The largest absolute Gasteiger partial charge is 0.256 e. The Balaban J connectivity index is 1.75. The lowest BCUT2D eigenvalue weighted by atomic mass is 10.0. The number of aromatic nitrogens is 1. The molecule has 0 spiro atoms. The van der Waals surface area contributed by atoms with Crippen molar-refractivity contribution in [1.82, 2.24) is 4.98 Å². The first-order chi connectivity index (χ1) is 10.3. The molecule has 0 fully saturated rings. The molecule has 1 aromatic heterocycles. The SMILES string of the molecule is Cc1ccc(-c2cccc(CCc3ccccc3)c2)nc1. The van der Waals surface area contributed by atoms with Crippen LogP contribution < -0.4 is 0 Å². The molecule has 21 heavy (non-hydrogen) atoms. The molecule has 0 atom stereocenters. The number of hydrogen-bond donors (Lipinski definition) is 0. The fourth-order valence-corrected chi connectivity index (χ4v) is 2.46. The summed E-state index contributed by atoms with van der Waals surface area (Å²) in [5, 5.41) is 0. The second kappa shape index (κ2) is 6.36. The van der Waals surface area contributed by atoms with Crippen LogP contribution in [0.3, 0.4) is 0 Å². The molecule has 3 aromatic rings. The molecular formula is C20H19N. The van der Waals surface area contributed by atoms with Gasteiger partial charge in [-0.05, 0) is 48.6 Å². The van der Waals surface area contributed by atoms with Crippen molar-refractivity contribution in [3.63, 3.8) is 0 Å². The van der Waals surface area contributed by atoms with Gasteiger partial charge in [0.2, 0.25) is 0 Å².